The molecule has 0 saturated heterocycles. The molecule has 0 aliphatic carbocycles. The Morgan fingerprint density at radius 2 is 2.19 bits per heavy atom. The van der Waals surface area contributed by atoms with Gasteiger partial charge in [-0.25, -0.2) is 4.39 Å². The smallest absolute Gasteiger partial charge is 0.252 e. The molecular formula is C12H11FN2O. The SMILES string of the molecule is Cc1[nH]c2cc(F)cc3c2c1CCNC3=O. The van der Waals surface area contributed by atoms with Crippen molar-refractivity contribution < 1.29 is 9.18 Å². The highest BCUT2D eigenvalue weighted by atomic mass is 19.1. The van der Waals surface area contributed by atoms with Gasteiger partial charge in [-0.15, -0.1) is 0 Å². The number of nitrogens with one attached hydrogen (secondary N) is 2. The lowest BCUT2D eigenvalue weighted by molar-refractivity contribution is 0.0957. The van der Waals surface area contributed by atoms with Gasteiger partial charge in [-0.3, -0.25) is 4.79 Å². The van der Waals surface area contributed by atoms with Crippen molar-refractivity contribution in [2.45, 2.75) is 13.3 Å². The van der Waals surface area contributed by atoms with E-state index in [9.17, 15) is 9.18 Å². The number of carbonyl (C=O) groups excluding carboxylic acids is 1. The average Bonchev–Trinajstić information content (AvgIpc) is 2.42. The number of hydrogen-bond acceptors (Lipinski definition) is 1. The summed E-state index contributed by atoms with van der Waals surface area (Å²) in [4.78, 5) is 14.9. The summed E-state index contributed by atoms with van der Waals surface area (Å²) in [6.45, 7) is 2.55. The van der Waals surface area contributed by atoms with Crippen LogP contribution >= 0.6 is 0 Å². The number of rotatable bonds is 0. The summed E-state index contributed by atoms with van der Waals surface area (Å²) in [6.07, 6.45) is 0.788. The third kappa shape index (κ3) is 1.16. The highest BCUT2D eigenvalue weighted by molar-refractivity contribution is 6.08. The Hall–Kier alpha value is -1.84. The topological polar surface area (TPSA) is 44.9 Å². The first-order valence-electron chi connectivity index (χ1n) is 5.25. The maximum Gasteiger partial charge on any atom is 0.252 e. The van der Waals surface area contributed by atoms with E-state index in [1.54, 1.807) is 0 Å². The van der Waals surface area contributed by atoms with Crippen molar-refractivity contribution in [1.82, 2.24) is 10.3 Å². The van der Waals surface area contributed by atoms with Crippen molar-refractivity contribution in [3.05, 3.63) is 34.8 Å². The second-order valence-electron chi connectivity index (χ2n) is 4.11. The van der Waals surface area contributed by atoms with Crippen LogP contribution in [0.4, 0.5) is 4.39 Å². The number of aromatic amines is 1. The fraction of sp³-hybridized carbons (Fsp3) is 0.250. The van der Waals surface area contributed by atoms with Crippen LogP contribution in [0.5, 0.6) is 0 Å². The second-order valence-corrected chi connectivity index (χ2v) is 4.11. The molecule has 2 aromatic rings. The molecule has 0 atom stereocenters. The van der Waals surface area contributed by atoms with Gasteiger partial charge in [-0.1, -0.05) is 0 Å². The van der Waals surface area contributed by atoms with Crippen LogP contribution in [-0.4, -0.2) is 17.4 Å². The van der Waals surface area contributed by atoms with E-state index in [0.717, 1.165) is 23.1 Å². The maximum absolute atomic E-state index is 13.4. The number of aromatic nitrogens is 1. The Morgan fingerprint density at radius 3 is 3.00 bits per heavy atom. The molecule has 1 amide bonds. The van der Waals surface area contributed by atoms with Crippen molar-refractivity contribution in [3.63, 3.8) is 0 Å². The summed E-state index contributed by atoms with van der Waals surface area (Å²) in [6, 6.07) is 2.74. The van der Waals surface area contributed by atoms with Crippen LogP contribution in [0.25, 0.3) is 10.9 Å². The molecule has 3 nitrogen and oxygen atoms in total. The van der Waals surface area contributed by atoms with Crippen LogP contribution in [0, 0.1) is 12.7 Å². The molecule has 0 radical (unpaired) electrons. The molecule has 1 aliphatic heterocycles. The van der Waals surface area contributed by atoms with E-state index in [2.05, 4.69) is 10.3 Å². The molecule has 0 bridgehead atoms. The first kappa shape index (κ1) is 9.39. The van der Waals surface area contributed by atoms with E-state index < -0.39 is 0 Å². The van der Waals surface area contributed by atoms with E-state index in [-0.39, 0.29) is 11.7 Å². The molecule has 0 fully saturated rings. The molecule has 1 aromatic heterocycles. The van der Waals surface area contributed by atoms with Gasteiger partial charge in [0, 0.05) is 23.1 Å². The highest BCUT2D eigenvalue weighted by Crippen LogP contribution is 2.28. The molecule has 0 saturated carbocycles. The summed E-state index contributed by atoms with van der Waals surface area (Å²) < 4.78 is 13.4. The Bertz CT molecular complexity index is 601. The zero-order valence-corrected chi connectivity index (χ0v) is 8.86. The first-order chi connectivity index (χ1) is 7.66. The Morgan fingerprint density at radius 1 is 1.38 bits per heavy atom. The minimum Gasteiger partial charge on any atom is -0.358 e. The lowest BCUT2D eigenvalue weighted by Crippen LogP contribution is -2.23. The van der Waals surface area contributed by atoms with Gasteiger partial charge in [0.2, 0.25) is 0 Å². The number of amides is 1. The molecule has 3 rings (SSSR count). The van der Waals surface area contributed by atoms with Gasteiger partial charge in [0.15, 0.2) is 0 Å². The first-order valence-corrected chi connectivity index (χ1v) is 5.25. The average molecular weight is 218 g/mol. The number of carbonyl (C=O) groups is 1. The number of halogens is 1. The van der Waals surface area contributed by atoms with Crippen molar-refractivity contribution in [3.8, 4) is 0 Å². The van der Waals surface area contributed by atoms with Crippen LogP contribution in [0.3, 0.4) is 0 Å². The van der Waals surface area contributed by atoms with Crippen molar-refractivity contribution in [1.29, 1.82) is 0 Å². The van der Waals surface area contributed by atoms with Gasteiger partial charge in [-0.2, -0.15) is 0 Å². The predicted octanol–water partition coefficient (Wildman–Crippen LogP) is 1.90. The largest absolute Gasteiger partial charge is 0.358 e. The summed E-state index contributed by atoms with van der Waals surface area (Å²) in [7, 11) is 0. The van der Waals surface area contributed by atoms with Gasteiger partial charge in [0.05, 0.1) is 5.56 Å². The van der Waals surface area contributed by atoms with Crippen LogP contribution < -0.4 is 5.32 Å². The summed E-state index contributed by atoms with van der Waals surface area (Å²) in [5.41, 5.74) is 3.27. The Kier molecular flexibility index (Phi) is 1.80. The lowest BCUT2D eigenvalue weighted by atomic mass is 10.0. The van der Waals surface area contributed by atoms with E-state index in [1.807, 2.05) is 6.92 Å². The molecular weight excluding hydrogens is 207 g/mol. The molecule has 0 unspecified atom stereocenters. The third-order valence-electron chi connectivity index (χ3n) is 3.08. The molecule has 2 heterocycles. The highest BCUT2D eigenvalue weighted by Gasteiger charge is 2.21. The molecule has 2 N–H and O–H groups in total. The van der Waals surface area contributed by atoms with Crippen molar-refractivity contribution in [2.75, 3.05) is 6.54 Å². The standard InChI is InChI=1S/C12H11FN2O/c1-6-8-2-3-14-12(16)9-4-7(13)5-10(15-6)11(8)9/h4-5,15H,2-3H2,1H3,(H,14,16). The van der Waals surface area contributed by atoms with Crippen LogP contribution in [0.2, 0.25) is 0 Å². The zero-order valence-electron chi connectivity index (χ0n) is 8.86. The van der Waals surface area contributed by atoms with E-state index >= 15 is 0 Å². The number of H-pyrrole nitrogens is 1. The van der Waals surface area contributed by atoms with E-state index in [1.165, 1.54) is 12.1 Å². The third-order valence-corrected chi connectivity index (χ3v) is 3.08. The fourth-order valence-corrected chi connectivity index (χ4v) is 2.38. The monoisotopic (exact) mass is 218 g/mol. The maximum atomic E-state index is 13.4. The minimum atomic E-state index is -0.382. The Balaban J connectivity index is 2.47. The van der Waals surface area contributed by atoms with Gasteiger partial charge in [0.1, 0.15) is 5.82 Å². The normalized spacial score (nSPS) is 15.0. The predicted molar refractivity (Wildman–Crippen MR) is 59.0 cm³/mol. The van der Waals surface area contributed by atoms with Gasteiger partial charge in [0.25, 0.3) is 5.91 Å². The van der Waals surface area contributed by atoms with Crippen LogP contribution in [0.1, 0.15) is 21.6 Å². The van der Waals surface area contributed by atoms with Crippen molar-refractivity contribution in [2.24, 2.45) is 0 Å². The molecule has 4 heteroatoms. The quantitative estimate of drug-likeness (QED) is 0.697. The second kappa shape index (κ2) is 3.07. The molecule has 1 aliphatic rings. The fourth-order valence-electron chi connectivity index (χ4n) is 2.38. The summed E-state index contributed by atoms with van der Waals surface area (Å²) in [5.74, 6) is -0.574. The lowest BCUT2D eigenvalue weighted by Gasteiger charge is -2.01. The van der Waals surface area contributed by atoms with Crippen LogP contribution in [0.15, 0.2) is 12.1 Å². The van der Waals surface area contributed by atoms with Gasteiger partial charge >= 0.3 is 0 Å². The van der Waals surface area contributed by atoms with Crippen LogP contribution in [-0.2, 0) is 6.42 Å². The molecule has 82 valence electrons. The number of aryl methyl sites for hydroxylation is 1. The van der Waals surface area contributed by atoms with E-state index in [0.29, 0.717) is 17.6 Å². The number of benzene rings is 1. The summed E-state index contributed by atoms with van der Waals surface area (Å²) in [5, 5.41) is 3.64. The molecule has 16 heavy (non-hydrogen) atoms. The van der Waals surface area contributed by atoms with Crippen molar-refractivity contribution >= 4 is 16.8 Å². The van der Waals surface area contributed by atoms with E-state index in [4.69, 9.17) is 0 Å². The number of hydrogen-bond donors (Lipinski definition) is 2. The summed E-state index contributed by atoms with van der Waals surface area (Å²) >= 11 is 0. The Labute approximate surface area is 91.7 Å². The molecule has 1 aromatic carbocycles. The molecule has 0 spiro atoms. The minimum absolute atomic E-state index is 0.192. The zero-order chi connectivity index (χ0) is 11.3. The van der Waals surface area contributed by atoms with Gasteiger partial charge < -0.3 is 10.3 Å². The van der Waals surface area contributed by atoms with Gasteiger partial charge in [-0.05, 0) is 31.0 Å².